The fourth-order valence-corrected chi connectivity index (χ4v) is 4.40. The minimum Gasteiger partial charge on any atom is -0.479 e. The highest BCUT2D eigenvalue weighted by Gasteiger charge is 2.24. The first-order chi connectivity index (χ1) is 13.4. The highest BCUT2D eigenvalue weighted by atomic mass is 32.1. The Kier molecular flexibility index (Phi) is 6.17. The van der Waals surface area contributed by atoms with Crippen molar-refractivity contribution >= 4 is 45.6 Å². The third-order valence-corrected chi connectivity index (χ3v) is 5.59. The average molecular weight is 415 g/mol. The molecule has 0 aliphatic heterocycles. The molecule has 0 unspecified atom stereocenters. The highest BCUT2D eigenvalue weighted by Crippen LogP contribution is 2.34. The van der Waals surface area contributed by atoms with Gasteiger partial charge in [0.25, 0.3) is 0 Å². The van der Waals surface area contributed by atoms with Crippen LogP contribution < -0.4 is 10.6 Å². The van der Waals surface area contributed by atoms with Gasteiger partial charge in [-0.15, -0.1) is 22.7 Å². The topological polar surface area (TPSA) is 108 Å². The Bertz CT molecular complexity index is 984. The summed E-state index contributed by atoms with van der Waals surface area (Å²) in [7, 11) is 0. The molecule has 2 heterocycles. The molecular formula is C19H17N3O4S2. The number of carbonyl (C=O) groups excluding carboxylic acids is 2. The predicted molar refractivity (Wildman–Crippen MR) is 108 cm³/mol. The molecule has 2 amide bonds. The number of aliphatic carboxylic acids is 1. The molecule has 0 bridgehead atoms. The smallest absolute Gasteiger partial charge is 0.330 e. The van der Waals surface area contributed by atoms with Crippen LogP contribution in [0.5, 0.6) is 0 Å². The Morgan fingerprint density at radius 1 is 1.14 bits per heavy atom. The van der Waals surface area contributed by atoms with Gasteiger partial charge in [-0.3, -0.25) is 9.59 Å². The maximum atomic E-state index is 12.6. The van der Waals surface area contributed by atoms with Crippen molar-refractivity contribution in [1.29, 1.82) is 0 Å². The number of benzene rings is 1. The van der Waals surface area contributed by atoms with E-state index in [2.05, 4.69) is 15.6 Å². The van der Waals surface area contributed by atoms with Crippen LogP contribution in [-0.2, 0) is 20.8 Å². The number of hydrogen-bond acceptors (Lipinski definition) is 6. The van der Waals surface area contributed by atoms with Crippen molar-refractivity contribution in [3.05, 3.63) is 58.3 Å². The molecule has 1 atom stereocenters. The summed E-state index contributed by atoms with van der Waals surface area (Å²) in [6.45, 7) is 1.38. The zero-order chi connectivity index (χ0) is 20.1. The van der Waals surface area contributed by atoms with Crippen LogP contribution in [0.3, 0.4) is 0 Å². The van der Waals surface area contributed by atoms with Crippen LogP contribution in [0.15, 0.2) is 47.8 Å². The molecule has 2 aromatic heterocycles. The van der Waals surface area contributed by atoms with E-state index >= 15 is 0 Å². The second-order valence-electron chi connectivity index (χ2n) is 5.88. The van der Waals surface area contributed by atoms with Crippen molar-refractivity contribution in [2.75, 3.05) is 5.32 Å². The number of thiophene rings is 1. The van der Waals surface area contributed by atoms with Crippen LogP contribution in [0, 0.1) is 0 Å². The molecule has 144 valence electrons. The van der Waals surface area contributed by atoms with E-state index in [1.165, 1.54) is 29.6 Å². The number of thiazole rings is 1. The quantitative estimate of drug-likeness (QED) is 0.549. The molecule has 1 aromatic carbocycles. The lowest BCUT2D eigenvalue weighted by Crippen LogP contribution is -2.34. The first-order valence-corrected chi connectivity index (χ1v) is 10.0. The third kappa shape index (κ3) is 4.81. The molecule has 9 heteroatoms. The fourth-order valence-electron chi connectivity index (χ4n) is 2.57. The van der Waals surface area contributed by atoms with E-state index in [1.807, 2.05) is 17.5 Å². The van der Waals surface area contributed by atoms with Crippen LogP contribution in [0.4, 0.5) is 5.13 Å². The highest BCUT2D eigenvalue weighted by molar-refractivity contribution is 7.17. The number of carboxylic acids is 1. The summed E-state index contributed by atoms with van der Waals surface area (Å²) in [4.78, 5) is 41.4. The second-order valence-corrected chi connectivity index (χ2v) is 7.91. The van der Waals surface area contributed by atoms with E-state index < -0.39 is 17.9 Å². The molecule has 3 N–H and O–H groups in total. The van der Waals surface area contributed by atoms with Crippen LogP contribution in [0.2, 0.25) is 0 Å². The number of nitrogens with zero attached hydrogens (tertiary/aromatic N) is 1. The van der Waals surface area contributed by atoms with Crippen molar-refractivity contribution in [2.45, 2.75) is 19.4 Å². The van der Waals surface area contributed by atoms with Crippen molar-refractivity contribution in [3.63, 3.8) is 0 Å². The van der Waals surface area contributed by atoms with E-state index in [0.29, 0.717) is 21.3 Å². The molecule has 0 aliphatic rings. The summed E-state index contributed by atoms with van der Waals surface area (Å²) in [6, 6.07) is 11.1. The molecule has 0 radical (unpaired) electrons. The van der Waals surface area contributed by atoms with Gasteiger partial charge in [0.2, 0.25) is 11.8 Å². The van der Waals surface area contributed by atoms with E-state index in [-0.39, 0.29) is 12.3 Å². The van der Waals surface area contributed by atoms with Crippen molar-refractivity contribution < 1.29 is 19.5 Å². The van der Waals surface area contributed by atoms with Gasteiger partial charge in [0.05, 0.1) is 17.0 Å². The van der Waals surface area contributed by atoms with E-state index in [1.54, 1.807) is 30.3 Å². The zero-order valence-electron chi connectivity index (χ0n) is 14.8. The minimum absolute atomic E-state index is 0.0406. The number of nitrogens with one attached hydrogen (secondary N) is 2. The molecule has 0 saturated heterocycles. The number of rotatable bonds is 7. The first kappa shape index (κ1) is 19.7. The SMILES string of the molecule is CC(=O)Nc1nc(-c2cccs2)c(CC(=O)N[C@@H](C(=O)O)c2ccccc2)s1. The van der Waals surface area contributed by atoms with E-state index in [4.69, 9.17) is 0 Å². The minimum atomic E-state index is -1.14. The van der Waals surface area contributed by atoms with Crippen LogP contribution in [0.25, 0.3) is 10.6 Å². The number of anilines is 1. The summed E-state index contributed by atoms with van der Waals surface area (Å²) in [5.41, 5.74) is 1.11. The first-order valence-electron chi connectivity index (χ1n) is 8.32. The summed E-state index contributed by atoms with van der Waals surface area (Å²) >= 11 is 2.67. The van der Waals surface area contributed by atoms with E-state index in [9.17, 15) is 19.5 Å². The average Bonchev–Trinajstić information content (AvgIpc) is 3.29. The summed E-state index contributed by atoms with van der Waals surface area (Å²) in [6.07, 6.45) is -0.0406. The molecule has 0 saturated carbocycles. The van der Waals surface area contributed by atoms with Crippen molar-refractivity contribution in [3.8, 4) is 10.6 Å². The summed E-state index contributed by atoms with van der Waals surface area (Å²) in [5.74, 6) is -1.83. The van der Waals surface area contributed by atoms with Gasteiger partial charge in [0.15, 0.2) is 11.2 Å². The normalized spacial score (nSPS) is 11.6. The Labute approximate surface area is 169 Å². The molecule has 3 rings (SSSR count). The van der Waals surface area contributed by atoms with Gasteiger partial charge in [-0.2, -0.15) is 0 Å². The molecule has 7 nitrogen and oxygen atoms in total. The number of carboxylic acid groups (broad SMARTS) is 1. The molecule has 3 aromatic rings. The summed E-state index contributed by atoms with van der Waals surface area (Å²) in [5, 5.41) is 17.0. The van der Waals surface area contributed by atoms with E-state index in [0.717, 1.165) is 4.88 Å². The van der Waals surface area contributed by atoms with Gasteiger partial charge in [0, 0.05) is 11.8 Å². The maximum Gasteiger partial charge on any atom is 0.330 e. The Morgan fingerprint density at radius 3 is 2.50 bits per heavy atom. The van der Waals surface area contributed by atoms with Crippen LogP contribution in [0.1, 0.15) is 23.4 Å². The molecule has 0 spiro atoms. The molecule has 0 fully saturated rings. The van der Waals surface area contributed by atoms with Crippen molar-refractivity contribution in [1.82, 2.24) is 10.3 Å². The largest absolute Gasteiger partial charge is 0.479 e. The van der Waals surface area contributed by atoms with Crippen molar-refractivity contribution in [2.24, 2.45) is 0 Å². The Morgan fingerprint density at radius 2 is 1.89 bits per heavy atom. The fraction of sp³-hybridized carbons (Fsp3) is 0.158. The van der Waals surface area contributed by atoms with Gasteiger partial charge in [0.1, 0.15) is 0 Å². The molecule has 0 aliphatic carbocycles. The van der Waals surface area contributed by atoms with Gasteiger partial charge >= 0.3 is 5.97 Å². The third-order valence-electron chi connectivity index (χ3n) is 3.74. The van der Waals surface area contributed by atoms with Crippen LogP contribution >= 0.6 is 22.7 Å². The second kappa shape index (κ2) is 8.77. The number of hydrogen-bond donors (Lipinski definition) is 3. The molecular weight excluding hydrogens is 398 g/mol. The monoisotopic (exact) mass is 415 g/mol. The van der Waals surface area contributed by atoms with Gasteiger partial charge in [-0.25, -0.2) is 9.78 Å². The Balaban J connectivity index is 1.82. The predicted octanol–water partition coefficient (Wildman–Crippen LogP) is 3.31. The number of carbonyl (C=O) groups is 3. The lowest BCUT2D eigenvalue weighted by molar-refractivity contribution is -0.141. The Hall–Kier alpha value is -3.04. The molecule has 28 heavy (non-hydrogen) atoms. The lowest BCUT2D eigenvalue weighted by Gasteiger charge is -2.14. The van der Waals surface area contributed by atoms with Crippen LogP contribution in [-0.4, -0.2) is 27.9 Å². The van der Waals surface area contributed by atoms with Gasteiger partial charge in [-0.1, -0.05) is 36.4 Å². The summed E-state index contributed by atoms with van der Waals surface area (Å²) < 4.78 is 0. The number of aromatic nitrogens is 1. The maximum absolute atomic E-state index is 12.6. The zero-order valence-corrected chi connectivity index (χ0v) is 16.5. The van der Waals surface area contributed by atoms with Gasteiger partial charge < -0.3 is 15.7 Å². The van der Waals surface area contributed by atoms with Gasteiger partial charge in [-0.05, 0) is 17.0 Å². The number of amides is 2. The lowest BCUT2D eigenvalue weighted by atomic mass is 10.1. The standard InChI is InChI=1S/C19H17N3O4S2/c1-11(23)20-19-22-17(13-8-5-9-27-13)14(28-19)10-15(24)21-16(18(25)26)12-6-3-2-4-7-12/h2-9,16H,10H2,1H3,(H,21,24)(H,25,26)(H,20,22,23)/t16-/m1/s1.